The molecule has 0 radical (unpaired) electrons. The summed E-state index contributed by atoms with van der Waals surface area (Å²) in [6.45, 7) is 3.90. The monoisotopic (exact) mass is 322 g/mol. The number of halogens is 2. The van der Waals surface area contributed by atoms with Gasteiger partial charge in [0, 0.05) is 12.2 Å². The maximum Gasteiger partial charge on any atom is 0.272 e. The van der Waals surface area contributed by atoms with Crippen LogP contribution in [0.3, 0.4) is 0 Å². The lowest BCUT2D eigenvalue weighted by atomic mass is 10.3. The van der Waals surface area contributed by atoms with E-state index in [1.807, 2.05) is 0 Å². The number of rotatable bonds is 5. The van der Waals surface area contributed by atoms with E-state index in [0.29, 0.717) is 22.4 Å². The van der Waals surface area contributed by atoms with E-state index in [2.05, 4.69) is 27.4 Å². The highest BCUT2D eigenvalue weighted by Crippen LogP contribution is 2.26. The summed E-state index contributed by atoms with van der Waals surface area (Å²) < 4.78 is 0. The number of aromatic nitrogens is 2. The second kappa shape index (κ2) is 7.06. The molecule has 1 aromatic carbocycles. The van der Waals surface area contributed by atoms with Crippen molar-refractivity contribution in [2.75, 3.05) is 11.9 Å². The molecule has 2 aromatic rings. The highest BCUT2D eigenvalue weighted by atomic mass is 35.5. The molecule has 0 fully saturated rings. The van der Waals surface area contributed by atoms with Crippen molar-refractivity contribution < 1.29 is 4.79 Å². The fourth-order valence-corrected chi connectivity index (χ4v) is 1.80. The van der Waals surface area contributed by atoms with Crippen LogP contribution >= 0.6 is 23.2 Å². The minimum Gasteiger partial charge on any atom is -0.347 e. The summed E-state index contributed by atoms with van der Waals surface area (Å²) in [6.07, 6.45) is 1.59. The van der Waals surface area contributed by atoms with E-state index in [1.54, 1.807) is 36.4 Å². The van der Waals surface area contributed by atoms with Crippen molar-refractivity contribution in [1.82, 2.24) is 15.5 Å². The van der Waals surface area contributed by atoms with E-state index >= 15 is 0 Å². The van der Waals surface area contributed by atoms with Gasteiger partial charge in [-0.2, -0.15) is 0 Å². The molecule has 0 spiro atoms. The summed E-state index contributed by atoms with van der Waals surface area (Å²) in [7, 11) is 0. The fourth-order valence-electron chi connectivity index (χ4n) is 1.50. The molecule has 21 heavy (non-hydrogen) atoms. The average Bonchev–Trinajstić information content (AvgIpc) is 2.49. The molecule has 5 nitrogen and oxygen atoms in total. The van der Waals surface area contributed by atoms with Crippen molar-refractivity contribution in [1.29, 1.82) is 0 Å². The summed E-state index contributed by atoms with van der Waals surface area (Å²) in [6, 6.07) is 8.34. The summed E-state index contributed by atoms with van der Waals surface area (Å²) >= 11 is 11.8. The Morgan fingerprint density at radius 1 is 1.19 bits per heavy atom. The quantitative estimate of drug-likeness (QED) is 0.827. The third-order valence-electron chi connectivity index (χ3n) is 2.50. The van der Waals surface area contributed by atoms with E-state index in [4.69, 9.17) is 23.2 Å². The highest BCUT2D eigenvalue weighted by molar-refractivity contribution is 6.42. The van der Waals surface area contributed by atoms with Gasteiger partial charge in [-0.25, -0.2) is 0 Å². The second-order valence-electron chi connectivity index (χ2n) is 4.06. The number of carbonyl (C=O) groups excluding carboxylic acids is 1. The van der Waals surface area contributed by atoms with Crippen LogP contribution in [0.1, 0.15) is 10.5 Å². The maximum absolute atomic E-state index is 11.6. The number of hydrogen-bond acceptors (Lipinski definition) is 4. The standard InChI is InChI=1S/C14H12Cl2N4O/c1-2-7-17-14(21)12-5-6-13(20-19-12)18-9-3-4-10(15)11(16)8-9/h2-6,8H,1,7H2,(H,17,21)(H,18,20). The summed E-state index contributed by atoms with van der Waals surface area (Å²) in [5, 5.41) is 14.3. The van der Waals surface area contributed by atoms with Crippen LogP contribution in [-0.2, 0) is 0 Å². The lowest BCUT2D eigenvalue weighted by molar-refractivity contribution is 0.0952. The smallest absolute Gasteiger partial charge is 0.272 e. The third kappa shape index (κ3) is 4.18. The molecule has 0 bridgehead atoms. The number of anilines is 2. The number of nitrogens with zero attached hydrogens (tertiary/aromatic N) is 2. The molecule has 1 heterocycles. The molecule has 0 aliphatic carbocycles. The van der Waals surface area contributed by atoms with Gasteiger partial charge >= 0.3 is 0 Å². The number of amides is 1. The summed E-state index contributed by atoms with van der Waals surface area (Å²) in [5.41, 5.74) is 0.957. The Balaban J connectivity index is 2.06. The molecule has 0 saturated heterocycles. The molecule has 0 unspecified atom stereocenters. The molecule has 0 atom stereocenters. The van der Waals surface area contributed by atoms with Crippen molar-refractivity contribution in [3.05, 3.63) is 58.7 Å². The van der Waals surface area contributed by atoms with Crippen LogP contribution in [0.25, 0.3) is 0 Å². The Morgan fingerprint density at radius 3 is 2.62 bits per heavy atom. The van der Waals surface area contributed by atoms with Crippen molar-refractivity contribution in [3.8, 4) is 0 Å². The summed E-state index contributed by atoms with van der Waals surface area (Å²) in [4.78, 5) is 11.6. The molecule has 7 heteroatoms. The Kier molecular flexibility index (Phi) is 5.14. The number of carbonyl (C=O) groups is 1. The lowest BCUT2D eigenvalue weighted by Gasteiger charge is -2.06. The van der Waals surface area contributed by atoms with Crippen LogP contribution in [0.5, 0.6) is 0 Å². The summed E-state index contributed by atoms with van der Waals surface area (Å²) in [5.74, 6) is 0.192. The van der Waals surface area contributed by atoms with E-state index < -0.39 is 0 Å². The van der Waals surface area contributed by atoms with Crippen molar-refractivity contribution in [2.24, 2.45) is 0 Å². The lowest BCUT2D eigenvalue weighted by Crippen LogP contribution is -2.24. The third-order valence-corrected chi connectivity index (χ3v) is 3.24. The molecule has 1 aromatic heterocycles. The first-order valence-corrected chi connectivity index (χ1v) is 6.80. The first kappa shape index (κ1) is 15.3. The van der Waals surface area contributed by atoms with Gasteiger partial charge in [-0.05, 0) is 30.3 Å². The Hall–Kier alpha value is -2.11. The average molecular weight is 323 g/mol. The Labute approximate surface area is 132 Å². The topological polar surface area (TPSA) is 66.9 Å². The molecule has 2 rings (SSSR count). The largest absolute Gasteiger partial charge is 0.347 e. The van der Waals surface area contributed by atoms with Crippen LogP contribution in [0.15, 0.2) is 43.0 Å². The second-order valence-corrected chi connectivity index (χ2v) is 4.87. The zero-order chi connectivity index (χ0) is 15.2. The van der Waals surface area contributed by atoms with Crippen molar-refractivity contribution >= 4 is 40.6 Å². The van der Waals surface area contributed by atoms with E-state index in [0.717, 1.165) is 5.69 Å². The Bertz CT molecular complexity index is 659. The SMILES string of the molecule is C=CCNC(=O)c1ccc(Nc2ccc(Cl)c(Cl)c2)nn1. The van der Waals surface area contributed by atoms with Gasteiger partial charge in [0.05, 0.1) is 10.0 Å². The minimum atomic E-state index is -0.302. The first-order valence-electron chi connectivity index (χ1n) is 6.05. The van der Waals surface area contributed by atoms with Crippen LogP contribution in [-0.4, -0.2) is 22.6 Å². The molecule has 0 aliphatic heterocycles. The zero-order valence-corrected chi connectivity index (χ0v) is 12.4. The van der Waals surface area contributed by atoms with Gasteiger partial charge in [-0.3, -0.25) is 4.79 Å². The Morgan fingerprint density at radius 2 is 2.00 bits per heavy atom. The predicted molar refractivity (Wildman–Crippen MR) is 84.3 cm³/mol. The van der Waals surface area contributed by atoms with E-state index in [1.165, 1.54) is 0 Å². The maximum atomic E-state index is 11.6. The van der Waals surface area contributed by atoms with Gasteiger partial charge in [0.25, 0.3) is 5.91 Å². The van der Waals surface area contributed by atoms with Crippen LogP contribution in [0, 0.1) is 0 Å². The molecule has 1 amide bonds. The van der Waals surface area contributed by atoms with Gasteiger partial charge in [-0.1, -0.05) is 29.3 Å². The first-order chi connectivity index (χ1) is 10.1. The van der Waals surface area contributed by atoms with Crippen LogP contribution < -0.4 is 10.6 Å². The van der Waals surface area contributed by atoms with Gasteiger partial charge in [0.1, 0.15) is 0 Å². The zero-order valence-electron chi connectivity index (χ0n) is 10.9. The molecule has 108 valence electrons. The van der Waals surface area contributed by atoms with Gasteiger partial charge in [-0.15, -0.1) is 16.8 Å². The fraction of sp³-hybridized carbons (Fsp3) is 0.0714. The van der Waals surface area contributed by atoms with Crippen molar-refractivity contribution in [2.45, 2.75) is 0 Å². The van der Waals surface area contributed by atoms with E-state index in [-0.39, 0.29) is 11.6 Å². The van der Waals surface area contributed by atoms with Gasteiger partial charge in [0.2, 0.25) is 0 Å². The minimum absolute atomic E-state index is 0.233. The molecule has 2 N–H and O–H groups in total. The highest BCUT2D eigenvalue weighted by Gasteiger charge is 2.07. The number of nitrogens with one attached hydrogen (secondary N) is 2. The molecule has 0 saturated carbocycles. The molecular formula is C14H12Cl2N4O. The predicted octanol–water partition coefficient (Wildman–Crippen LogP) is 3.44. The van der Waals surface area contributed by atoms with Crippen LogP contribution in [0.4, 0.5) is 11.5 Å². The van der Waals surface area contributed by atoms with E-state index in [9.17, 15) is 4.79 Å². The van der Waals surface area contributed by atoms with Crippen molar-refractivity contribution in [3.63, 3.8) is 0 Å². The molecular weight excluding hydrogens is 311 g/mol. The van der Waals surface area contributed by atoms with Crippen LogP contribution in [0.2, 0.25) is 10.0 Å². The number of hydrogen-bond donors (Lipinski definition) is 2. The molecule has 0 aliphatic rings. The van der Waals surface area contributed by atoms with Gasteiger partial charge in [0.15, 0.2) is 11.5 Å². The normalized spacial score (nSPS) is 10.0. The number of benzene rings is 1. The van der Waals surface area contributed by atoms with Gasteiger partial charge < -0.3 is 10.6 Å².